The van der Waals surface area contributed by atoms with Gasteiger partial charge in [-0.1, -0.05) is 34.8 Å². The lowest BCUT2D eigenvalue weighted by Gasteiger charge is -2.11. The fraction of sp³-hybridized carbons (Fsp3) is 0.125. The van der Waals surface area contributed by atoms with Gasteiger partial charge in [-0.2, -0.15) is 0 Å². The number of nitrogens with one attached hydrogen (secondary N) is 1. The predicted molar refractivity (Wildman–Crippen MR) is 62.0 cm³/mol. The summed E-state index contributed by atoms with van der Waals surface area (Å²) in [5.74, 6) is -1.99. The molecule has 1 aromatic carbocycles. The van der Waals surface area contributed by atoms with Crippen LogP contribution in [-0.2, 0) is 4.79 Å². The molecular formula is C8H4Cl3FN2O3. The average molecular weight is 301 g/mol. The van der Waals surface area contributed by atoms with Crippen LogP contribution in [0.15, 0.2) is 18.2 Å². The minimum atomic E-state index is -2.28. The molecule has 1 aromatic rings. The van der Waals surface area contributed by atoms with Gasteiger partial charge in [0.05, 0.1) is 10.6 Å². The third-order valence-corrected chi connectivity index (χ3v) is 2.18. The number of nitrogens with zero attached hydrogens (tertiary/aromatic N) is 1. The van der Waals surface area contributed by atoms with Gasteiger partial charge in [-0.05, 0) is 6.07 Å². The van der Waals surface area contributed by atoms with E-state index in [4.69, 9.17) is 34.8 Å². The summed E-state index contributed by atoms with van der Waals surface area (Å²) in [5, 5.41) is 12.4. The Morgan fingerprint density at radius 3 is 2.47 bits per heavy atom. The number of hydrogen-bond donors (Lipinski definition) is 1. The number of non-ortho nitro benzene ring substituents is 1. The number of nitro benzene ring substituents is 1. The number of benzene rings is 1. The van der Waals surface area contributed by atoms with Gasteiger partial charge >= 0.3 is 0 Å². The molecule has 0 fully saturated rings. The molecule has 0 atom stereocenters. The maximum absolute atomic E-state index is 13.2. The number of nitro groups is 1. The minimum absolute atomic E-state index is 0.397. The van der Waals surface area contributed by atoms with Crippen LogP contribution < -0.4 is 5.32 Å². The van der Waals surface area contributed by atoms with Gasteiger partial charge in [0.1, 0.15) is 5.82 Å². The Bertz CT molecular complexity index is 476. The highest BCUT2D eigenvalue weighted by Crippen LogP contribution is 2.29. The van der Waals surface area contributed by atoms with E-state index in [9.17, 15) is 19.3 Å². The summed E-state index contributed by atoms with van der Waals surface area (Å²) < 4.78 is 10.9. The van der Waals surface area contributed by atoms with Crippen molar-refractivity contribution in [2.45, 2.75) is 3.79 Å². The van der Waals surface area contributed by atoms with Gasteiger partial charge in [0.25, 0.3) is 15.4 Å². The molecule has 0 saturated heterocycles. The zero-order chi connectivity index (χ0) is 13.2. The van der Waals surface area contributed by atoms with Crippen LogP contribution in [0.2, 0.25) is 0 Å². The maximum Gasteiger partial charge on any atom is 0.276 e. The van der Waals surface area contributed by atoms with Crippen molar-refractivity contribution in [3.63, 3.8) is 0 Å². The second-order valence-electron chi connectivity index (χ2n) is 2.87. The lowest BCUT2D eigenvalue weighted by Crippen LogP contribution is -2.27. The minimum Gasteiger partial charge on any atom is -0.320 e. The normalized spacial score (nSPS) is 11.1. The molecule has 92 valence electrons. The van der Waals surface area contributed by atoms with Gasteiger partial charge < -0.3 is 5.32 Å². The summed E-state index contributed by atoms with van der Waals surface area (Å²) >= 11 is 15.8. The molecule has 17 heavy (non-hydrogen) atoms. The Labute approximate surface area is 110 Å². The largest absolute Gasteiger partial charge is 0.320 e. The highest BCUT2D eigenvalue weighted by Gasteiger charge is 2.31. The molecule has 0 aromatic heterocycles. The summed E-state index contributed by atoms with van der Waals surface area (Å²) in [6.07, 6.45) is 0. The van der Waals surface area contributed by atoms with E-state index < -0.39 is 31.8 Å². The van der Waals surface area contributed by atoms with Crippen LogP contribution in [0.25, 0.3) is 0 Å². The number of rotatable bonds is 2. The predicted octanol–water partition coefficient (Wildman–Crippen LogP) is 3.04. The zero-order valence-corrected chi connectivity index (χ0v) is 10.2. The average Bonchev–Trinajstić information content (AvgIpc) is 2.19. The monoisotopic (exact) mass is 300 g/mol. The summed E-state index contributed by atoms with van der Waals surface area (Å²) in [6, 6.07) is 2.59. The van der Waals surface area contributed by atoms with E-state index in [2.05, 4.69) is 0 Å². The molecule has 0 saturated carbocycles. The number of halogens is 4. The van der Waals surface area contributed by atoms with Gasteiger partial charge in [0.2, 0.25) is 0 Å². The quantitative estimate of drug-likeness (QED) is 0.518. The molecule has 5 nitrogen and oxygen atoms in total. The number of anilines is 1. The van der Waals surface area contributed by atoms with Crippen molar-refractivity contribution < 1.29 is 14.1 Å². The maximum atomic E-state index is 13.2. The van der Waals surface area contributed by atoms with Crippen molar-refractivity contribution >= 4 is 52.1 Å². The molecule has 0 radical (unpaired) electrons. The first kappa shape index (κ1) is 14.0. The third-order valence-electron chi connectivity index (χ3n) is 1.67. The van der Waals surface area contributed by atoms with E-state index in [-0.39, 0.29) is 0 Å². The van der Waals surface area contributed by atoms with Crippen molar-refractivity contribution in [3.05, 3.63) is 34.1 Å². The SMILES string of the molecule is O=C(Nc1cc([N+](=O)[O-])ccc1F)C(Cl)(Cl)Cl. The molecule has 1 rings (SSSR count). The fourth-order valence-electron chi connectivity index (χ4n) is 0.916. The number of alkyl halides is 3. The lowest BCUT2D eigenvalue weighted by molar-refractivity contribution is -0.384. The van der Waals surface area contributed by atoms with Crippen molar-refractivity contribution in [2.24, 2.45) is 0 Å². The Hall–Kier alpha value is -1.11. The van der Waals surface area contributed by atoms with E-state index in [1.54, 1.807) is 0 Å². The highest BCUT2D eigenvalue weighted by atomic mass is 35.6. The molecular weight excluding hydrogens is 297 g/mol. The lowest BCUT2D eigenvalue weighted by atomic mass is 10.2. The molecule has 0 bridgehead atoms. The molecule has 1 amide bonds. The molecule has 1 N–H and O–H groups in total. The summed E-state index contributed by atoms with van der Waals surface area (Å²) in [5.41, 5.74) is -0.832. The molecule has 0 spiro atoms. The number of hydrogen-bond acceptors (Lipinski definition) is 3. The van der Waals surface area contributed by atoms with Crippen LogP contribution in [0.5, 0.6) is 0 Å². The standard InChI is InChI=1S/C8H4Cl3FN2O3/c9-8(10,11)7(15)13-6-3-4(14(16)17)1-2-5(6)12/h1-3H,(H,13,15). The third kappa shape index (κ3) is 3.69. The number of amides is 1. The van der Waals surface area contributed by atoms with Crippen molar-refractivity contribution in [1.82, 2.24) is 0 Å². The van der Waals surface area contributed by atoms with Crippen LogP contribution in [0, 0.1) is 15.9 Å². The van der Waals surface area contributed by atoms with Crippen LogP contribution in [-0.4, -0.2) is 14.6 Å². The van der Waals surface area contributed by atoms with E-state index in [0.29, 0.717) is 0 Å². The first-order chi connectivity index (χ1) is 7.71. The molecule has 0 unspecified atom stereocenters. The molecule has 9 heteroatoms. The second kappa shape index (κ2) is 5.03. The van der Waals surface area contributed by atoms with E-state index in [1.807, 2.05) is 5.32 Å². The first-order valence-electron chi connectivity index (χ1n) is 4.04. The van der Waals surface area contributed by atoms with Crippen LogP contribution in [0.3, 0.4) is 0 Å². The Balaban J connectivity index is 3.02. The van der Waals surface area contributed by atoms with Crippen molar-refractivity contribution in [3.8, 4) is 0 Å². The Kier molecular flexibility index (Phi) is 4.13. The fourth-order valence-corrected chi connectivity index (χ4v) is 1.06. The van der Waals surface area contributed by atoms with E-state index >= 15 is 0 Å². The summed E-state index contributed by atoms with van der Waals surface area (Å²) in [4.78, 5) is 20.9. The highest BCUT2D eigenvalue weighted by molar-refractivity contribution is 6.76. The van der Waals surface area contributed by atoms with Crippen LogP contribution >= 0.6 is 34.8 Å². The van der Waals surface area contributed by atoms with Crippen molar-refractivity contribution in [1.29, 1.82) is 0 Å². The molecule has 0 aliphatic heterocycles. The molecule has 0 heterocycles. The molecule has 0 aliphatic carbocycles. The van der Waals surface area contributed by atoms with E-state index in [0.717, 1.165) is 18.2 Å². The van der Waals surface area contributed by atoms with Gasteiger partial charge in [0, 0.05) is 12.1 Å². The zero-order valence-electron chi connectivity index (χ0n) is 7.92. The van der Waals surface area contributed by atoms with Gasteiger partial charge in [0.15, 0.2) is 0 Å². The Morgan fingerprint density at radius 2 is 2.00 bits per heavy atom. The second-order valence-corrected chi connectivity index (χ2v) is 5.15. The number of carbonyl (C=O) groups excluding carboxylic acids is 1. The van der Waals surface area contributed by atoms with E-state index in [1.165, 1.54) is 0 Å². The van der Waals surface area contributed by atoms with Gasteiger partial charge in [-0.3, -0.25) is 14.9 Å². The van der Waals surface area contributed by atoms with Gasteiger partial charge in [-0.15, -0.1) is 0 Å². The van der Waals surface area contributed by atoms with Crippen LogP contribution in [0.1, 0.15) is 0 Å². The summed E-state index contributed by atoms with van der Waals surface area (Å²) in [6.45, 7) is 0. The molecule has 0 aliphatic rings. The first-order valence-corrected chi connectivity index (χ1v) is 5.17. The topological polar surface area (TPSA) is 72.2 Å². The van der Waals surface area contributed by atoms with Crippen LogP contribution in [0.4, 0.5) is 15.8 Å². The summed E-state index contributed by atoms with van der Waals surface area (Å²) in [7, 11) is 0. The smallest absolute Gasteiger partial charge is 0.276 e. The number of carbonyl (C=O) groups is 1. The Morgan fingerprint density at radius 1 is 1.41 bits per heavy atom. The van der Waals surface area contributed by atoms with Crippen molar-refractivity contribution in [2.75, 3.05) is 5.32 Å². The van der Waals surface area contributed by atoms with Gasteiger partial charge in [-0.25, -0.2) is 4.39 Å².